The summed E-state index contributed by atoms with van der Waals surface area (Å²) in [5.74, 6) is 0.756. The number of carbonyl (C=O) groups excluding carboxylic acids is 1. The van der Waals surface area contributed by atoms with E-state index in [0.717, 1.165) is 53.1 Å². The van der Waals surface area contributed by atoms with Crippen molar-refractivity contribution in [2.24, 2.45) is 5.92 Å². The molecule has 2 nitrogen and oxygen atoms in total. The molecule has 3 rings (SSSR count). The van der Waals surface area contributed by atoms with Gasteiger partial charge in [0.05, 0.1) is 11.4 Å². The molecule has 0 bridgehead atoms. The standard InChI is InChI=1S/C31H35NO/c1-6-11-30-27(9-4)29(21-33)28(10-5)31(32-30)26-18-16-25(17-19-26)24-14-12-23(13-15-24)20-22(7-2)8-3/h6,9,11-19,21-22H,4,7-8,10,20H2,1-3,5H3/b11-6-. The minimum absolute atomic E-state index is 0.683. The fourth-order valence-electron chi connectivity index (χ4n) is 4.47. The normalized spacial score (nSPS) is 11.3. The Hall–Kier alpha value is -3.26. The van der Waals surface area contributed by atoms with E-state index in [1.54, 1.807) is 6.08 Å². The average molecular weight is 438 g/mol. The fraction of sp³-hybridized carbons (Fsp3) is 0.290. The lowest BCUT2D eigenvalue weighted by Gasteiger charge is -2.16. The lowest BCUT2D eigenvalue weighted by Crippen LogP contribution is -2.04. The van der Waals surface area contributed by atoms with Crippen LogP contribution < -0.4 is 0 Å². The van der Waals surface area contributed by atoms with Crippen LogP contribution in [0.5, 0.6) is 0 Å². The third kappa shape index (κ3) is 5.39. The predicted molar refractivity (Wildman–Crippen MR) is 142 cm³/mol. The number of aromatic nitrogens is 1. The molecule has 2 aromatic carbocycles. The van der Waals surface area contributed by atoms with E-state index in [1.165, 1.54) is 29.5 Å². The van der Waals surface area contributed by atoms with E-state index >= 15 is 0 Å². The highest BCUT2D eigenvalue weighted by molar-refractivity contribution is 5.89. The molecule has 0 aliphatic rings. The van der Waals surface area contributed by atoms with Crippen LogP contribution in [0.2, 0.25) is 0 Å². The van der Waals surface area contributed by atoms with Gasteiger partial charge in [-0.1, -0.05) is 101 Å². The Morgan fingerprint density at radius 1 is 0.879 bits per heavy atom. The van der Waals surface area contributed by atoms with Gasteiger partial charge in [-0.2, -0.15) is 0 Å². The van der Waals surface area contributed by atoms with E-state index in [-0.39, 0.29) is 0 Å². The van der Waals surface area contributed by atoms with Gasteiger partial charge < -0.3 is 0 Å². The quantitative estimate of drug-likeness (QED) is 0.298. The molecule has 0 fully saturated rings. The van der Waals surface area contributed by atoms with Gasteiger partial charge in [0.2, 0.25) is 0 Å². The van der Waals surface area contributed by atoms with Crippen molar-refractivity contribution >= 4 is 18.4 Å². The lowest BCUT2D eigenvalue weighted by molar-refractivity contribution is 0.112. The van der Waals surface area contributed by atoms with Crippen LogP contribution >= 0.6 is 0 Å². The molecule has 3 aromatic rings. The van der Waals surface area contributed by atoms with Gasteiger partial charge in [-0.15, -0.1) is 0 Å². The van der Waals surface area contributed by atoms with Crippen molar-refractivity contribution in [1.29, 1.82) is 0 Å². The number of rotatable bonds is 10. The van der Waals surface area contributed by atoms with Crippen LogP contribution in [0.4, 0.5) is 0 Å². The Morgan fingerprint density at radius 3 is 1.94 bits per heavy atom. The number of hydrogen-bond acceptors (Lipinski definition) is 2. The van der Waals surface area contributed by atoms with Crippen molar-refractivity contribution in [2.45, 2.75) is 53.4 Å². The topological polar surface area (TPSA) is 30.0 Å². The zero-order chi connectivity index (χ0) is 23.8. The number of pyridine rings is 1. The van der Waals surface area contributed by atoms with Crippen LogP contribution in [0.25, 0.3) is 34.5 Å². The highest BCUT2D eigenvalue weighted by Crippen LogP contribution is 2.31. The molecule has 1 heterocycles. The van der Waals surface area contributed by atoms with Crippen molar-refractivity contribution in [3.05, 3.63) is 89.1 Å². The minimum Gasteiger partial charge on any atom is -0.298 e. The zero-order valence-corrected chi connectivity index (χ0v) is 20.4. The Labute approximate surface area is 199 Å². The first kappa shape index (κ1) is 24.4. The Kier molecular flexibility index (Phi) is 8.54. The molecule has 0 saturated carbocycles. The lowest BCUT2D eigenvalue weighted by atomic mass is 9.92. The summed E-state index contributed by atoms with van der Waals surface area (Å²) >= 11 is 0. The van der Waals surface area contributed by atoms with E-state index in [9.17, 15) is 4.79 Å². The molecule has 170 valence electrons. The van der Waals surface area contributed by atoms with Crippen LogP contribution in [0.3, 0.4) is 0 Å². The van der Waals surface area contributed by atoms with Crippen molar-refractivity contribution in [2.75, 3.05) is 0 Å². The number of carbonyl (C=O) groups is 1. The largest absolute Gasteiger partial charge is 0.298 e. The molecule has 2 heteroatoms. The number of nitrogens with zero attached hydrogens (tertiary/aromatic N) is 1. The molecular weight excluding hydrogens is 402 g/mol. The molecule has 0 saturated heterocycles. The predicted octanol–water partition coefficient (Wildman–Crippen LogP) is 8.45. The summed E-state index contributed by atoms with van der Waals surface area (Å²) in [6.45, 7) is 12.5. The highest BCUT2D eigenvalue weighted by Gasteiger charge is 2.17. The first-order chi connectivity index (χ1) is 16.1. The number of benzene rings is 2. The van der Waals surface area contributed by atoms with Crippen LogP contribution in [0, 0.1) is 5.92 Å². The van der Waals surface area contributed by atoms with E-state index in [4.69, 9.17) is 4.98 Å². The number of hydrogen-bond donors (Lipinski definition) is 0. The fourth-order valence-corrected chi connectivity index (χ4v) is 4.47. The van der Waals surface area contributed by atoms with Crippen molar-refractivity contribution in [3.8, 4) is 22.4 Å². The highest BCUT2D eigenvalue weighted by atomic mass is 16.1. The molecule has 0 N–H and O–H groups in total. The molecular formula is C31H35NO. The first-order valence-electron chi connectivity index (χ1n) is 12.1. The molecule has 0 atom stereocenters. The van der Waals surface area contributed by atoms with Crippen LogP contribution in [-0.2, 0) is 12.8 Å². The summed E-state index contributed by atoms with van der Waals surface area (Å²) in [4.78, 5) is 16.9. The molecule has 0 spiro atoms. The van der Waals surface area contributed by atoms with Crippen LogP contribution in [0.1, 0.15) is 73.3 Å². The van der Waals surface area contributed by atoms with Crippen molar-refractivity contribution < 1.29 is 4.79 Å². The Morgan fingerprint density at radius 2 is 1.45 bits per heavy atom. The van der Waals surface area contributed by atoms with Gasteiger partial charge in [-0.05, 0) is 54.0 Å². The third-order valence-corrected chi connectivity index (χ3v) is 6.53. The van der Waals surface area contributed by atoms with E-state index in [1.807, 2.05) is 19.1 Å². The van der Waals surface area contributed by atoms with Gasteiger partial charge in [-0.3, -0.25) is 4.79 Å². The van der Waals surface area contributed by atoms with Crippen LogP contribution in [0.15, 0.2) is 61.2 Å². The maximum Gasteiger partial charge on any atom is 0.151 e. The van der Waals surface area contributed by atoms with Gasteiger partial charge in [-0.25, -0.2) is 4.98 Å². The summed E-state index contributed by atoms with van der Waals surface area (Å²) in [7, 11) is 0. The monoisotopic (exact) mass is 437 g/mol. The van der Waals surface area contributed by atoms with Crippen LogP contribution in [-0.4, -0.2) is 11.3 Å². The Bertz CT molecular complexity index is 1120. The first-order valence-corrected chi connectivity index (χ1v) is 12.1. The molecule has 0 unspecified atom stereocenters. The van der Waals surface area contributed by atoms with E-state index < -0.39 is 0 Å². The summed E-state index contributed by atoms with van der Waals surface area (Å²) in [6.07, 6.45) is 10.9. The molecule has 33 heavy (non-hydrogen) atoms. The van der Waals surface area contributed by atoms with Gasteiger partial charge in [0.15, 0.2) is 6.29 Å². The summed E-state index contributed by atoms with van der Waals surface area (Å²) in [5.41, 5.74) is 8.90. The van der Waals surface area contributed by atoms with Crippen molar-refractivity contribution in [3.63, 3.8) is 0 Å². The molecule has 1 aromatic heterocycles. The maximum absolute atomic E-state index is 12.0. The minimum atomic E-state index is 0.683. The van der Waals surface area contributed by atoms with Gasteiger partial charge in [0.25, 0.3) is 0 Å². The number of aldehydes is 1. The third-order valence-electron chi connectivity index (χ3n) is 6.53. The second-order valence-corrected chi connectivity index (χ2v) is 8.49. The Balaban J connectivity index is 1.96. The molecule has 0 aliphatic carbocycles. The SMILES string of the molecule is C=Cc1c(/C=C\C)nc(-c2ccc(-c3ccc(CC(CC)CC)cc3)cc2)c(CC)c1C=O. The summed E-state index contributed by atoms with van der Waals surface area (Å²) in [5, 5.41) is 0. The molecule has 0 aliphatic heterocycles. The second kappa shape index (κ2) is 11.6. The average Bonchev–Trinajstić information content (AvgIpc) is 2.87. The van der Waals surface area contributed by atoms with Crippen molar-refractivity contribution in [1.82, 2.24) is 4.98 Å². The van der Waals surface area contributed by atoms with Gasteiger partial charge >= 0.3 is 0 Å². The smallest absolute Gasteiger partial charge is 0.151 e. The van der Waals surface area contributed by atoms with E-state index in [2.05, 4.69) is 75.9 Å². The number of allylic oxidation sites excluding steroid dienone is 1. The second-order valence-electron chi connectivity index (χ2n) is 8.49. The molecule has 0 radical (unpaired) electrons. The zero-order valence-electron chi connectivity index (χ0n) is 20.4. The van der Waals surface area contributed by atoms with Gasteiger partial charge in [0, 0.05) is 16.7 Å². The van der Waals surface area contributed by atoms with Gasteiger partial charge in [0.1, 0.15) is 0 Å². The summed E-state index contributed by atoms with van der Waals surface area (Å²) in [6, 6.07) is 17.4. The summed E-state index contributed by atoms with van der Waals surface area (Å²) < 4.78 is 0. The molecule has 0 amide bonds. The van der Waals surface area contributed by atoms with E-state index in [0.29, 0.717) is 5.56 Å². The maximum atomic E-state index is 12.0.